The molecule has 1 saturated carbocycles. The molecule has 3 nitrogen and oxygen atoms in total. The number of ether oxygens (including phenoxy) is 1. The van der Waals surface area contributed by atoms with Crippen molar-refractivity contribution in [2.45, 2.75) is 43.8 Å². The number of hydrogen-bond donors (Lipinski definition) is 1. The van der Waals surface area contributed by atoms with Gasteiger partial charge in [-0.15, -0.1) is 0 Å². The smallest absolute Gasteiger partial charge is 0.0648 e. The second-order valence-corrected chi connectivity index (χ2v) is 7.23. The molecule has 2 saturated heterocycles. The van der Waals surface area contributed by atoms with Gasteiger partial charge in [0.2, 0.25) is 0 Å². The number of piperazine rings is 1. The van der Waals surface area contributed by atoms with Crippen LogP contribution in [0.15, 0.2) is 30.3 Å². The molecule has 1 N–H and O–H groups in total. The highest BCUT2D eigenvalue weighted by Gasteiger charge is 2.45. The minimum absolute atomic E-state index is 0.204. The van der Waals surface area contributed by atoms with E-state index in [2.05, 4.69) is 47.5 Å². The van der Waals surface area contributed by atoms with Crippen molar-refractivity contribution < 1.29 is 4.74 Å². The van der Waals surface area contributed by atoms with Crippen molar-refractivity contribution in [3.63, 3.8) is 0 Å². The van der Waals surface area contributed by atoms with Gasteiger partial charge in [-0.1, -0.05) is 30.3 Å². The molecule has 2 aliphatic heterocycles. The maximum atomic E-state index is 5.75. The highest BCUT2D eigenvalue weighted by Crippen LogP contribution is 2.40. The monoisotopic (exact) mass is 286 g/mol. The van der Waals surface area contributed by atoms with Crippen LogP contribution < -0.4 is 5.32 Å². The van der Waals surface area contributed by atoms with E-state index < -0.39 is 0 Å². The van der Waals surface area contributed by atoms with E-state index in [-0.39, 0.29) is 5.54 Å². The third-order valence-electron chi connectivity index (χ3n) is 5.61. The normalized spacial score (nSPS) is 37.8. The van der Waals surface area contributed by atoms with Gasteiger partial charge in [0.25, 0.3) is 0 Å². The molecule has 2 heterocycles. The quantitative estimate of drug-likeness (QED) is 0.924. The molecule has 3 aliphatic rings. The minimum atomic E-state index is 0.204. The van der Waals surface area contributed by atoms with E-state index in [1.807, 2.05) is 0 Å². The second kappa shape index (κ2) is 5.38. The van der Waals surface area contributed by atoms with Crippen LogP contribution in [0.1, 0.15) is 37.8 Å². The molecule has 3 fully saturated rings. The maximum Gasteiger partial charge on any atom is 0.0648 e. The van der Waals surface area contributed by atoms with Crippen molar-refractivity contribution in [2.24, 2.45) is 5.92 Å². The Labute approximate surface area is 127 Å². The van der Waals surface area contributed by atoms with Crippen LogP contribution in [0, 0.1) is 5.92 Å². The zero-order valence-electron chi connectivity index (χ0n) is 12.9. The Morgan fingerprint density at radius 2 is 2.05 bits per heavy atom. The molecule has 0 amide bonds. The van der Waals surface area contributed by atoms with Gasteiger partial charge in [0.15, 0.2) is 0 Å². The zero-order valence-corrected chi connectivity index (χ0v) is 12.9. The van der Waals surface area contributed by atoms with Gasteiger partial charge < -0.3 is 10.1 Å². The largest absolute Gasteiger partial charge is 0.379 e. The third-order valence-corrected chi connectivity index (χ3v) is 5.61. The minimum Gasteiger partial charge on any atom is -0.379 e. The molecule has 114 valence electrons. The zero-order chi connectivity index (χ0) is 14.3. The molecule has 0 spiro atoms. The summed E-state index contributed by atoms with van der Waals surface area (Å²) in [6, 6.07) is 12.1. The summed E-state index contributed by atoms with van der Waals surface area (Å²) < 4.78 is 5.75. The topological polar surface area (TPSA) is 24.5 Å². The fourth-order valence-corrected chi connectivity index (χ4v) is 4.04. The number of rotatable bonds is 3. The SMILES string of the molecule is CC1(N2CC(C3CC3)NCC2c2ccccc2)CCOC1. The summed E-state index contributed by atoms with van der Waals surface area (Å²) in [6.07, 6.45) is 3.98. The summed E-state index contributed by atoms with van der Waals surface area (Å²) >= 11 is 0. The lowest BCUT2D eigenvalue weighted by Gasteiger charge is -2.48. The lowest BCUT2D eigenvalue weighted by atomic mass is 9.90. The van der Waals surface area contributed by atoms with Crippen molar-refractivity contribution in [1.82, 2.24) is 10.2 Å². The molecule has 0 bridgehead atoms. The fourth-order valence-electron chi connectivity index (χ4n) is 4.04. The molecule has 0 aromatic heterocycles. The molecule has 21 heavy (non-hydrogen) atoms. The Hall–Kier alpha value is -0.900. The maximum absolute atomic E-state index is 5.75. The Morgan fingerprint density at radius 3 is 2.71 bits per heavy atom. The van der Waals surface area contributed by atoms with E-state index >= 15 is 0 Å². The van der Waals surface area contributed by atoms with E-state index in [1.54, 1.807) is 0 Å². The van der Waals surface area contributed by atoms with Crippen molar-refractivity contribution in [3.05, 3.63) is 35.9 Å². The molecule has 3 unspecified atom stereocenters. The van der Waals surface area contributed by atoms with E-state index in [1.165, 1.54) is 24.9 Å². The van der Waals surface area contributed by atoms with Crippen LogP contribution in [0.2, 0.25) is 0 Å². The highest BCUT2D eigenvalue weighted by atomic mass is 16.5. The van der Waals surface area contributed by atoms with Gasteiger partial charge in [-0.2, -0.15) is 0 Å². The first-order chi connectivity index (χ1) is 10.3. The van der Waals surface area contributed by atoms with Gasteiger partial charge >= 0.3 is 0 Å². The van der Waals surface area contributed by atoms with E-state index in [4.69, 9.17) is 4.74 Å². The Balaban J connectivity index is 1.61. The van der Waals surface area contributed by atoms with Crippen molar-refractivity contribution in [3.8, 4) is 0 Å². The van der Waals surface area contributed by atoms with Gasteiger partial charge in [-0.3, -0.25) is 4.90 Å². The molecular weight excluding hydrogens is 260 g/mol. The first kappa shape index (κ1) is 13.7. The molecular formula is C18H26N2O. The molecule has 0 radical (unpaired) electrons. The standard InChI is InChI=1S/C18H26N2O/c1-18(9-10-21-13-18)20-12-16(14-7-8-14)19-11-17(20)15-5-3-2-4-6-15/h2-6,14,16-17,19H,7-13H2,1H3. The summed E-state index contributed by atoms with van der Waals surface area (Å²) in [6.45, 7) is 6.43. The van der Waals surface area contributed by atoms with Crippen LogP contribution in [0.25, 0.3) is 0 Å². The number of nitrogens with one attached hydrogen (secondary N) is 1. The van der Waals surface area contributed by atoms with E-state index in [0.717, 1.165) is 32.1 Å². The first-order valence-corrected chi connectivity index (χ1v) is 8.39. The first-order valence-electron chi connectivity index (χ1n) is 8.39. The van der Waals surface area contributed by atoms with Crippen molar-refractivity contribution in [1.29, 1.82) is 0 Å². The lowest BCUT2D eigenvalue weighted by molar-refractivity contribution is 0.00787. The lowest BCUT2D eigenvalue weighted by Crippen LogP contribution is -2.60. The Morgan fingerprint density at radius 1 is 1.24 bits per heavy atom. The van der Waals surface area contributed by atoms with Gasteiger partial charge in [0.1, 0.15) is 0 Å². The average molecular weight is 286 g/mol. The average Bonchev–Trinajstić information content (AvgIpc) is 3.29. The van der Waals surface area contributed by atoms with Crippen LogP contribution in [0.5, 0.6) is 0 Å². The van der Waals surface area contributed by atoms with Crippen molar-refractivity contribution >= 4 is 0 Å². The van der Waals surface area contributed by atoms with Gasteiger partial charge in [0, 0.05) is 37.3 Å². The molecule has 1 aromatic rings. The van der Waals surface area contributed by atoms with Crippen LogP contribution >= 0.6 is 0 Å². The summed E-state index contributed by atoms with van der Waals surface area (Å²) in [4.78, 5) is 2.74. The second-order valence-electron chi connectivity index (χ2n) is 7.23. The summed E-state index contributed by atoms with van der Waals surface area (Å²) in [7, 11) is 0. The van der Waals surface area contributed by atoms with Crippen LogP contribution in [-0.4, -0.2) is 42.8 Å². The molecule has 3 heteroatoms. The molecule has 4 rings (SSSR count). The Bertz CT molecular complexity index is 479. The Kier molecular flexibility index (Phi) is 3.52. The summed E-state index contributed by atoms with van der Waals surface area (Å²) in [5.74, 6) is 0.912. The molecule has 1 aromatic carbocycles. The number of benzene rings is 1. The van der Waals surface area contributed by atoms with Gasteiger partial charge in [0.05, 0.1) is 6.61 Å². The number of hydrogen-bond acceptors (Lipinski definition) is 3. The summed E-state index contributed by atoms with van der Waals surface area (Å²) in [5, 5.41) is 3.82. The summed E-state index contributed by atoms with van der Waals surface area (Å²) in [5.41, 5.74) is 1.64. The predicted octanol–water partition coefficient (Wildman–Crippen LogP) is 2.59. The fraction of sp³-hybridized carbons (Fsp3) is 0.667. The third kappa shape index (κ3) is 2.63. The molecule has 3 atom stereocenters. The molecule has 1 aliphatic carbocycles. The van der Waals surface area contributed by atoms with Crippen molar-refractivity contribution in [2.75, 3.05) is 26.3 Å². The van der Waals surface area contributed by atoms with Gasteiger partial charge in [-0.05, 0) is 37.7 Å². The van der Waals surface area contributed by atoms with Crippen LogP contribution in [0.3, 0.4) is 0 Å². The number of nitrogens with zero attached hydrogens (tertiary/aromatic N) is 1. The van der Waals surface area contributed by atoms with Gasteiger partial charge in [-0.25, -0.2) is 0 Å². The highest BCUT2D eigenvalue weighted by molar-refractivity contribution is 5.22. The van der Waals surface area contributed by atoms with E-state index in [9.17, 15) is 0 Å². The van der Waals surface area contributed by atoms with Crippen LogP contribution in [0.4, 0.5) is 0 Å². The predicted molar refractivity (Wildman–Crippen MR) is 84.2 cm³/mol. The van der Waals surface area contributed by atoms with Crippen LogP contribution in [-0.2, 0) is 4.74 Å². The van der Waals surface area contributed by atoms with E-state index in [0.29, 0.717) is 12.1 Å².